The van der Waals surface area contributed by atoms with Crippen molar-refractivity contribution < 1.29 is 9.90 Å². The molecule has 3 heteroatoms. The van der Waals surface area contributed by atoms with Gasteiger partial charge >= 0.3 is 5.97 Å². The van der Waals surface area contributed by atoms with Gasteiger partial charge in [-0.2, -0.15) is 0 Å². The van der Waals surface area contributed by atoms with Gasteiger partial charge in [-0.15, -0.1) is 12.6 Å². The Morgan fingerprint density at radius 3 is 2.62 bits per heavy atom. The first-order chi connectivity index (χ1) is 6.15. The number of carbonyl (C=O) groups is 1. The Hall–Kier alpha value is -0.960. The Labute approximate surface area is 83.0 Å². The number of hydrogen-bond donors (Lipinski definition) is 2. The van der Waals surface area contributed by atoms with E-state index in [9.17, 15) is 4.79 Å². The van der Waals surface area contributed by atoms with Crippen LogP contribution < -0.4 is 0 Å². The maximum atomic E-state index is 10.5. The molecule has 0 aliphatic carbocycles. The fourth-order valence-corrected chi connectivity index (χ4v) is 1.62. The second kappa shape index (κ2) is 4.33. The molecule has 0 atom stereocenters. The zero-order valence-corrected chi connectivity index (χ0v) is 8.34. The highest BCUT2D eigenvalue weighted by atomic mass is 32.1. The molecule has 0 saturated carbocycles. The van der Waals surface area contributed by atoms with E-state index in [-0.39, 0.29) is 6.42 Å². The number of thiol groups is 1. The van der Waals surface area contributed by atoms with E-state index < -0.39 is 5.97 Å². The molecule has 0 heterocycles. The first-order valence-electron chi connectivity index (χ1n) is 4.16. The topological polar surface area (TPSA) is 37.3 Å². The Bertz CT molecular complexity index is 321. The van der Waals surface area contributed by atoms with Gasteiger partial charge in [0.15, 0.2) is 0 Å². The molecule has 0 bridgehead atoms. The molecular formula is C10H12O2S. The molecule has 1 aromatic rings. The summed E-state index contributed by atoms with van der Waals surface area (Å²) < 4.78 is 0. The Morgan fingerprint density at radius 2 is 2.08 bits per heavy atom. The summed E-state index contributed by atoms with van der Waals surface area (Å²) in [5, 5.41) is 8.62. The number of benzene rings is 1. The van der Waals surface area contributed by atoms with Gasteiger partial charge in [0.25, 0.3) is 0 Å². The SMILES string of the molecule is CCc1cccc(CC(=O)O)c1S. The van der Waals surface area contributed by atoms with Crippen LogP contribution in [0.25, 0.3) is 0 Å². The molecule has 13 heavy (non-hydrogen) atoms. The second-order valence-electron chi connectivity index (χ2n) is 2.85. The van der Waals surface area contributed by atoms with Crippen molar-refractivity contribution in [2.75, 3.05) is 0 Å². The van der Waals surface area contributed by atoms with Gasteiger partial charge in [0.1, 0.15) is 0 Å². The van der Waals surface area contributed by atoms with Crippen molar-refractivity contribution in [2.45, 2.75) is 24.7 Å². The van der Waals surface area contributed by atoms with Gasteiger partial charge < -0.3 is 5.11 Å². The summed E-state index contributed by atoms with van der Waals surface area (Å²) in [6, 6.07) is 5.64. The highest BCUT2D eigenvalue weighted by molar-refractivity contribution is 7.80. The maximum Gasteiger partial charge on any atom is 0.307 e. The standard InChI is InChI=1S/C10H12O2S/c1-2-7-4-3-5-8(10(7)13)6-9(11)12/h3-5,13H,2,6H2,1H3,(H,11,12). The number of carboxylic acids is 1. The minimum Gasteiger partial charge on any atom is -0.481 e. The minimum atomic E-state index is -0.816. The fourth-order valence-electron chi connectivity index (χ4n) is 1.24. The van der Waals surface area contributed by atoms with Crippen LogP contribution in [0, 0.1) is 0 Å². The number of aryl methyl sites for hydroxylation is 1. The predicted molar refractivity (Wildman–Crippen MR) is 54.4 cm³/mol. The number of rotatable bonds is 3. The smallest absolute Gasteiger partial charge is 0.307 e. The van der Waals surface area contributed by atoms with Crippen LogP contribution in [-0.4, -0.2) is 11.1 Å². The van der Waals surface area contributed by atoms with Gasteiger partial charge in [-0.1, -0.05) is 25.1 Å². The lowest BCUT2D eigenvalue weighted by Crippen LogP contribution is -2.02. The van der Waals surface area contributed by atoms with E-state index in [1.54, 1.807) is 6.07 Å². The predicted octanol–water partition coefficient (Wildman–Crippen LogP) is 2.16. The van der Waals surface area contributed by atoms with Crippen molar-refractivity contribution in [3.63, 3.8) is 0 Å². The lowest BCUT2D eigenvalue weighted by atomic mass is 10.1. The highest BCUT2D eigenvalue weighted by Crippen LogP contribution is 2.20. The molecule has 0 aliphatic heterocycles. The van der Waals surface area contributed by atoms with Gasteiger partial charge in [-0.25, -0.2) is 0 Å². The molecule has 0 spiro atoms. The largest absolute Gasteiger partial charge is 0.481 e. The number of hydrogen-bond acceptors (Lipinski definition) is 2. The molecule has 1 N–H and O–H groups in total. The molecule has 1 rings (SSSR count). The van der Waals surface area contributed by atoms with Crippen molar-refractivity contribution in [3.8, 4) is 0 Å². The molecular weight excluding hydrogens is 184 g/mol. The van der Waals surface area contributed by atoms with Crippen LogP contribution in [0.5, 0.6) is 0 Å². The second-order valence-corrected chi connectivity index (χ2v) is 3.30. The lowest BCUT2D eigenvalue weighted by Gasteiger charge is -2.06. The maximum absolute atomic E-state index is 10.5. The average molecular weight is 196 g/mol. The Kier molecular flexibility index (Phi) is 3.37. The molecule has 0 aliphatic rings. The molecule has 0 unspecified atom stereocenters. The van der Waals surface area contributed by atoms with Crippen molar-refractivity contribution in [2.24, 2.45) is 0 Å². The minimum absolute atomic E-state index is 0.0483. The van der Waals surface area contributed by atoms with Crippen LogP contribution in [0.1, 0.15) is 18.1 Å². The van der Waals surface area contributed by atoms with Gasteiger partial charge in [0.05, 0.1) is 6.42 Å². The lowest BCUT2D eigenvalue weighted by molar-refractivity contribution is -0.136. The number of aliphatic carboxylic acids is 1. The van der Waals surface area contributed by atoms with Crippen LogP contribution in [0.2, 0.25) is 0 Å². The first kappa shape index (κ1) is 10.1. The number of carboxylic acid groups (broad SMARTS) is 1. The van der Waals surface area contributed by atoms with E-state index in [0.29, 0.717) is 0 Å². The molecule has 2 nitrogen and oxygen atoms in total. The summed E-state index contributed by atoms with van der Waals surface area (Å²) >= 11 is 4.30. The van der Waals surface area contributed by atoms with E-state index in [2.05, 4.69) is 12.6 Å². The third kappa shape index (κ3) is 2.49. The van der Waals surface area contributed by atoms with Gasteiger partial charge in [0, 0.05) is 4.90 Å². The van der Waals surface area contributed by atoms with Crippen molar-refractivity contribution in [1.82, 2.24) is 0 Å². The molecule has 1 aromatic carbocycles. The third-order valence-corrected chi connectivity index (χ3v) is 2.50. The monoisotopic (exact) mass is 196 g/mol. The Morgan fingerprint density at radius 1 is 1.46 bits per heavy atom. The Balaban J connectivity index is 3.01. The summed E-state index contributed by atoms with van der Waals surface area (Å²) in [7, 11) is 0. The molecule has 0 fully saturated rings. The third-order valence-electron chi connectivity index (χ3n) is 1.93. The molecule has 0 radical (unpaired) electrons. The van der Waals surface area contributed by atoms with Crippen LogP contribution in [0.15, 0.2) is 23.1 Å². The van der Waals surface area contributed by atoms with Crippen molar-refractivity contribution >= 4 is 18.6 Å². The van der Waals surface area contributed by atoms with Crippen LogP contribution >= 0.6 is 12.6 Å². The zero-order chi connectivity index (χ0) is 9.84. The average Bonchev–Trinajstić information content (AvgIpc) is 2.08. The normalized spacial score (nSPS) is 10.0. The molecule has 0 amide bonds. The summed E-state index contributed by atoms with van der Waals surface area (Å²) in [4.78, 5) is 11.3. The van der Waals surface area contributed by atoms with Crippen molar-refractivity contribution in [3.05, 3.63) is 29.3 Å². The van der Waals surface area contributed by atoms with E-state index in [0.717, 1.165) is 22.4 Å². The highest BCUT2D eigenvalue weighted by Gasteiger charge is 2.06. The van der Waals surface area contributed by atoms with Crippen LogP contribution in [-0.2, 0) is 17.6 Å². The van der Waals surface area contributed by atoms with Crippen LogP contribution in [0.4, 0.5) is 0 Å². The van der Waals surface area contributed by atoms with E-state index in [1.165, 1.54) is 0 Å². The quantitative estimate of drug-likeness (QED) is 0.727. The molecule has 70 valence electrons. The first-order valence-corrected chi connectivity index (χ1v) is 4.61. The van der Waals surface area contributed by atoms with Crippen LogP contribution in [0.3, 0.4) is 0 Å². The summed E-state index contributed by atoms with van der Waals surface area (Å²) in [5.41, 5.74) is 1.89. The molecule has 0 saturated heterocycles. The van der Waals surface area contributed by atoms with E-state index in [4.69, 9.17) is 5.11 Å². The molecule has 0 aromatic heterocycles. The van der Waals surface area contributed by atoms with Gasteiger partial charge in [-0.3, -0.25) is 4.79 Å². The summed E-state index contributed by atoms with van der Waals surface area (Å²) in [6.45, 7) is 2.03. The fraction of sp³-hybridized carbons (Fsp3) is 0.300. The van der Waals surface area contributed by atoms with E-state index in [1.807, 2.05) is 19.1 Å². The van der Waals surface area contributed by atoms with Crippen molar-refractivity contribution in [1.29, 1.82) is 0 Å². The zero-order valence-electron chi connectivity index (χ0n) is 7.45. The summed E-state index contributed by atoms with van der Waals surface area (Å²) in [6.07, 6.45) is 0.930. The van der Waals surface area contributed by atoms with E-state index >= 15 is 0 Å². The van der Waals surface area contributed by atoms with Gasteiger partial charge in [0.2, 0.25) is 0 Å². The summed E-state index contributed by atoms with van der Waals surface area (Å²) in [5.74, 6) is -0.816. The van der Waals surface area contributed by atoms with Gasteiger partial charge in [-0.05, 0) is 17.5 Å².